The summed E-state index contributed by atoms with van der Waals surface area (Å²) in [6, 6.07) is 15.3. The Bertz CT molecular complexity index is 1290. The lowest BCUT2D eigenvalue weighted by molar-refractivity contribution is 0.136. The van der Waals surface area contributed by atoms with Crippen molar-refractivity contribution >= 4 is 62.7 Å². The van der Waals surface area contributed by atoms with Crippen LogP contribution in [0.2, 0.25) is 10.0 Å². The smallest absolute Gasteiger partial charge is 0.137 e. The van der Waals surface area contributed by atoms with Gasteiger partial charge in [-0.15, -0.1) is 0 Å². The summed E-state index contributed by atoms with van der Waals surface area (Å²) in [5.41, 5.74) is 1.75. The molecule has 0 bridgehead atoms. The topological polar surface area (TPSA) is 70.2 Å². The summed E-state index contributed by atoms with van der Waals surface area (Å²) >= 11 is 14.0. The second-order valence-electron chi connectivity index (χ2n) is 7.84. The van der Waals surface area contributed by atoms with Crippen molar-refractivity contribution in [2.24, 2.45) is 0 Å². The first-order chi connectivity index (χ1) is 16.6. The Hall–Kier alpha value is -2.23. The molecule has 5 rings (SSSR count). The van der Waals surface area contributed by atoms with E-state index in [1.54, 1.807) is 18.6 Å². The van der Waals surface area contributed by atoms with E-state index in [-0.39, 0.29) is 6.10 Å². The van der Waals surface area contributed by atoms with Gasteiger partial charge in [0.25, 0.3) is 0 Å². The Kier molecular flexibility index (Phi) is 7.32. The van der Waals surface area contributed by atoms with E-state index in [2.05, 4.69) is 14.7 Å². The summed E-state index contributed by atoms with van der Waals surface area (Å²) in [6.45, 7) is 1.45. The second-order valence-corrected chi connectivity index (χ2v) is 11.0. The van der Waals surface area contributed by atoms with Crippen LogP contribution in [0.3, 0.4) is 0 Å². The van der Waals surface area contributed by atoms with Gasteiger partial charge in [-0.1, -0.05) is 23.2 Å². The van der Waals surface area contributed by atoms with Gasteiger partial charge >= 0.3 is 0 Å². The van der Waals surface area contributed by atoms with Gasteiger partial charge in [-0.25, -0.2) is 8.51 Å². The molecule has 1 saturated heterocycles. The molecule has 0 aliphatic carbocycles. The molecule has 10 heteroatoms. The van der Waals surface area contributed by atoms with Crippen molar-refractivity contribution in [3.63, 3.8) is 0 Å². The number of pyridine rings is 1. The summed E-state index contributed by atoms with van der Waals surface area (Å²) in [4.78, 5) is 9.04. The van der Waals surface area contributed by atoms with Crippen LogP contribution < -0.4 is 9.46 Å². The van der Waals surface area contributed by atoms with Gasteiger partial charge in [-0.2, -0.15) is 0 Å². The molecule has 2 aromatic heterocycles. The standard InChI is InChI=1S/C24H22Cl2N4O2S2/c25-20-7-8-22(24-23(20)21(26)15-28-24)29-33-18-3-5-19(6-4-18)34(31)30-12-9-16(10-13-30)32-17-2-1-11-27-14-17/h1-8,11,14-16,28-29H,9-10,12-13H2. The maximum atomic E-state index is 13.1. The Morgan fingerprint density at radius 1 is 1.09 bits per heavy atom. The first-order valence-electron chi connectivity index (χ1n) is 10.8. The maximum absolute atomic E-state index is 13.1. The van der Waals surface area contributed by atoms with Crippen molar-refractivity contribution < 1.29 is 8.95 Å². The molecule has 1 aliphatic rings. The summed E-state index contributed by atoms with van der Waals surface area (Å²) in [7, 11) is -1.20. The summed E-state index contributed by atoms with van der Waals surface area (Å²) in [5.74, 6) is 0.780. The molecule has 6 nitrogen and oxygen atoms in total. The van der Waals surface area contributed by atoms with Gasteiger partial charge in [0.05, 0.1) is 32.3 Å². The van der Waals surface area contributed by atoms with Crippen LogP contribution in [0, 0.1) is 0 Å². The van der Waals surface area contributed by atoms with E-state index in [1.807, 2.05) is 52.8 Å². The van der Waals surface area contributed by atoms with E-state index in [9.17, 15) is 4.21 Å². The van der Waals surface area contributed by atoms with Crippen molar-refractivity contribution in [3.8, 4) is 5.75 Å². The van der Waals surface area contributed by atoms with Crippen molar-refractivity contribution in [3.05, 3.63) is 77.2 Å². The summed E-state index contributed by atoms with van der Waals surface area (Å²) in [6.07, 6.45) is 6.96. The highest BCUT2D eigenvalue weighted by Crippen LogP contribution is 2.36. The Morgan fingerprint density at radius 2 is 1.88 bits per heavy atom. The van der Waals surface area contributed by atoms with E-state index in [1.165, 1.54) is 11.9 Å². The number of fused-ring (bicyclic) bond motifs is 1. The zero-order chi connectivity index (χ0) is 23.5. The molecule has 3 heterocycles. The van der Waals surface area contributed by atoms with Crippen molar-refractivity contribution in [1.29, 1.82) is 0 Å². The number of nitrogens with zero attached hydrogens (tertiary/aromatic N) is 2. The molecule has 4 aromatic rings. The lowest BCUT2D eigenvalue weighted by Gasteiger charge is -2.31. The monoisotopic (exact) mass is 532 g/mol. The number of piperidine rings is 1. The van der Waals surface area contributed by atoms with E-state index in [4.69, 9.17) is 27.9 Å². The first-order valence-corrected chi connectivity index (χ1v) is 13.5. The number of rotatable bonds is 7. The predicted octanol–water partition coefficient (Wildman–Crippen LogP) is 6.55. The molecule has 1 unspecified atom stereocenters. The summed E-state index contributed by atoms with van der Waals surface area (Å²) < 4.78 is 24.4. The van der Waals surface area contributed by atoms with Crippen LogP contribution >= 0.6 is 35.1 Å². The Balaban J connectivity index is 1.16. The molecule has 0 radical (unpaired) electrons. The van der Waals surface area contributed by atoms with E-state index < -0.39 is 11.0 Å². The highest BCUT2D eigenvalue weighted by atomic mass is 35.5. The predicted molar refractivity (Wildman–Crippen MR) is 140 cm³/mol. The van der Waals surface area contributed by atoms with Crippen molar-refractivity contribution in [2.45, 2.75) is 28.7 Å². The Morgan fingerprint density at radius 3 is 2.62 bits per heavy atom. The van der Waals surface area contributed by atoms with Crippen LogP contribution in [0.1, 0.15) is 12.8 Å². The maximum Gasteiger partial charge on any atom is 0.137 e. The number of hydrogen-bond acceptors (Lipinski definition) is 5. The lowest BCUT2D eigenvalue weighted by atomic mass is 10.1. The number of aromatic amines is 1. The largest absolute Gasteiger partial charge is 0.489 e. The van der Waals surface area contributed by atoms with Crippen LogP contribution in [0.5, 0.6) is 5.75 Å². The van der Waals surface area contributed by atoms with Crippen molar-refractivity contribution in [1.82, 2.24) is 14.3 Å². The van der Waals surface area contributed by atoms with Crippen LogP contribution in [0.15, 0.2) is 76.9 Å². The zero-order valence-corrected chi connectivity index (χ0v) is 21.2. The Labute approximate surface area is 214 Å². The van der Waals surface area contributed by atoms with E-state index in [0.717, 1.165) is 58.1 Å². The van der Waals surface area contributed by atoms with Crippen LogP contribution in [0.4, 0.5) is 5.69 Å². The number of benzene rings is 2. The van der Waals surface area contributed by atoms with E-state index in [0.29, 0.717) is 10.0 Å². The fourth-order valence-corrected chi connectivity index (χ4v) is 6.30. The molecule has 176 valence electrons. The zero-order valence-electron chi connectivity index (χ0n) is 18.0. The van der Waals surface area contributed by atoms with E-state index >= 15 is 0 Å². The van der Waals surface area contributed by atoms with Gasteiger partial charge in [0.2, 0.25) is 0 Å². The average Bonchev–Trinajstić information content (AvgIpc) is 3.27. The molecule has 0 saturated carbocycles. The number of ether oxygens (including phenoxy) is 1. The third-order valence-corrected chi connectivity index (χ3v) is 8.57. The third-order valence-electron chi connectivity index (χ3n) is 5.61. The van der Waals surface area contributed by atoms with Crippen LogP contribution in [0.25, 0.3) is 10.9 Å². The molecule has 0 amide bonds. The SMILES string of the molecule is O=S(c1ccc(SNc2ccc(Cl)c3c(Cl)c[nH]c23)cc1)N1CCC(Oc2cccnc2)CC1. The summed E-state index contributed by atoms with van der Waals surface area (Å²) in [5, 5.41) is 2.00. The van der Waals surface area contributed by atoms with Crippen molar-refractivity contribution in [2.75, 3.05) is 17.8 Å². The second kappa shape index (κ2) is 10.6. The molecule has 1 atom stereocenters. The highest BCUT2D eigenvalue weighted by molar-refractivity contribution is 8.00. The molecular weight excluding hydrogens is 511 g/mol. The van der Waals surface area contributed by atoms with Crippen LogP contribution in [-0.2, 0) is 11.0 Å². The fraction of sp³-hybridized carbons (Fsp3) is 0.208. The molecule has 0 spiro atoms. The molecule has 34 heavy (non-hydrogen) atoms. The highest BCUT2D eigenvalue weighted by Gasteiger charge is 2.25. The van der Waals surface area contributed by atoms with Gasteiger partial charge in [-0.05, 0) is 73.3 Å². The number of anilines is 1. The van der Waals surface area contributed by atoms with Crippen LogP contribution in [-0.4, -0.2) is 37.7 Å². The number of halogens is 2. The first kappa shape index (κ1) is 23.5. The minimum Gasteiger partial charge on any atom is -0.489 e. The average molecular weight is 534 g/mol. The fourth-order valence-electron chi connectivity index (χ4n) is 3.87. The van der Waals surface area contributed by atoms with Gasteiger partial charge in [0.15, 0.2) is 0 Å². The minimum atomic E-state index is -1.20. The van der Waals surface area contributed by atoms with Gasteiger partial charge < -0.3 is 14.4 Å². The molecular formula is C24H22Cl2N4O2S2. The molecule has 2 N–H and O–H groups in total. The molecule has 1 fully saturated rings. The molecule has 1 aliphatic heterocycles. The lowest BCUT2D eigenvalue weighted by Crippen LogP contribution is -2.39. The number of nitrogens with one attached hydrogen (secondary N) is 2. The van der Waals surface area contributed by atoms with Gasteiger partial charge in [-0.3, -0.25) is 4.98 Å². The number of aromatic nitrogens is 2. The van der Waals surface area contributed by atoms with Gasteiger partial charge in [0, 0.05) is 35.8 Å². The minimum absolute atomic E-state index is 0.121. The van der Waals surface area contributed by atoms with Gasteiger partial charge in [0.1, 0.15) is 22.8 Å². The number of H-pyrrole nitrogens is 1. The normalized spacial score (nSPS) is 15.9. The third kappa shape index (κ3) is 5.21. The quantitative estimate of drug-likeness (QED) is 0.264. The number of hydrogen-bond donors (Lipinski definition) is 2. The molecule has 2 aromatic carbocycles.